The van der Waals surface area contributed by atoms with Crippen LogP contribution in [0.3, 0.4) is 0 Å². The lowest BCUT2D eigenvalue weighted by Gasteiger charge is -2.30. The molecule has 0 radical (unpaired) electrons. The van der Waals surface area contributed by atoms with E-state index in [1.165, 1.54) is 25.0 Å². The van der Waals surface area contributed by atoms with Crippen LogP contribution in [0.5, 0.6) is 0 Å². The predicted octanol–water partition coefficient (Wildman–Crippen LogP) is 2.50. The average molecular weight is 193 g/mol. The molecule has 1 aliphatic carbocycles. The number of carbonyl (C=O) groups is 1. The van der Waals surface area contributed by atoms with Crippen molar-refractivity contribution >= 4 is 5.78 Å². The van der Waals surface area contributed by atoms with Crippen LogP contribution in [0.25, 0.3) is 0 Å². The van der Waals surface area contributed by atoms with E-state index in [-0.39, 0.29) is 0 Å². The highest BCUT2D eigenvalue weighted by Crippen LogP contribution is 2.28. The number of nitrogens with zero attached hydrogens (tertiary/aromatic N) is 1. The van der Waals surface area contributed by atoms with E-state index in [1.54, 1.807) is 0 Å². The smallest absolute Gasteiger partial charge is 0.157 e. The Morgan fingerprint density at radius 1 is 1.43 bits per heavy atom. The van der Waals surface area contributed by atoms with Crippen LogP contribution in [-0.2, 0) is 4.79 Å². The van der Waals surface area contributed by atoms with Crippen LogP contribution in [0.15, 0.2) is 11.8 Å². The maximum absolute atomic E-state index is 11.3. The third kappa shape index (κ3) is 1.84. The molecule has 1 heterocycles. The lowest BCUT2D eigenvalue weighted by Crippen LogP contribution is -2.29. The molecule has 0 aromatic carbocycles. The topological polar surface area (TPSA) is 20.3 Å². The summed E-state index contributed by atoms with van der Waals surface area (Å²) in [6.45, 7) is 3.41. The minimum Gasteiger partial charge on any atom is -0.372 e. The van der Waals surface area contributed by atoms with Crippen molar-refractivity contribution in [1.82, 2.24) is 4.90 Å². The molecule has 0 saturated carbocycles. The van der Waals surface area contributed by atoms with Gasteiger partial charge in [0.15, 0.2) is 5.78 Å². The van der Waals surface area contributed by atoms with Crippen LogP contribution in [0.1, 0.15) is 45.4 Å². The second-order valence-corrected chi connectivity index (χ2v) is 4.35. The highest BCUT2D eigenvalue weighted by molar-refractivity contribution is 5.91. The maximum Gasteiger partial charge on any atom is 0.157 e. The second kappa shape index (κ2) is 4.16. The number of hydrogen-bond acceptors (Lipinski definition) is 2. The van der Waals surface area contributed by atoms with E-state index < -0.39 is 0 Å². The quantitative estimate of drug-likeness (QED) is 0.671. The van der Waals surface area contributed by atoms with E-state index >= 15 is 0 Å². The number of ketones is 1. The number of likely N-dealkylation sites (tertiary alicyclic amines) is 1. The molecule has 1 aliphatic heterocycles. The summed E-state index contributed by atoms with van der Waals surface area (Å²) >= 11 is 0. The summed E-state index contributed by atoms with van der Waals surface area (Å²) in [6.07, 6.45) is 8.63. The summed E-state index contributed by atoms with van der Waals surface area (Å²) in [7, 11) is 0. The van der Waals surface area contributed by atoms with Gasteiger partial charge < -0.3 is 4.90 Å². The van der Waals surface area contributed by atoms with Gasteiger partial charge in [0.1, 0.15) is 0 Å². The Labute approximate surface area is 86.0 Å². The fourth-order valence-electron chi connectivity index (χ4n) is 2.64. The molecule has 78 valence electrons. The molecule has 0 aromatic heterocycles. The maximum atomic E-state index is 11.3. The van der Waals surface area contributed by atoms with Gasteiger partial charge in [0.25, 0.3) is 0 Å². The van der Waals surface area contributed by atoms with Gasteiger partial charge >= 0.3 is 0 Å². The highest BCUT2D eigenvalue weighted by Gasteiger charge is 2.26. The van der Waals surface area contributed by atoms with Gasteiger partial charge in [0.2, 0.25) is 0 Å². The third-order valence-electron chi connectivity index (χ3n) is 3.40. The van der Waals surface area contributed by atoms with Crippen molar-refractivity contribution in [3.63, 3.8) is 0 Å². The molecule has 1 atom stereocenters. The van der Waals surface area contributed by atoms with Gasteiger partial charge in [-0.3, -0.25) is 4.79 Å². The number of carbonyl (C=O) groups excluding carboxylic acids is 1. The van der Waals surface area contributed by atoms with Crippen molar-refractivity contribution in [3.05, 3.63) is 11.8 Å². The first-order chi connectivity index (χ1) is 6.81. The standard InChI is InChI=1S/C12H19NO/c1-2-10-6-4-8-13(10)11-5-3-7-12(14)9-11/h9-10H,2-8H2,1H3. The van der Waals surface area contributed by atoms with Crippen molar-refractivity contribution in [2.24, 2.45) is 0 Å². The van der Waals surface area contributed by atoms with E-state index in [4.69, 9.17) is 0 Å². The largest absolute Gasteiger partial charge is 0.372 e. The summed E-state index contributed by atoms with van der Waals surface area (Å²) < 4.78 is 0. The number of rotatable bonds is 2. The Kier molecular flexibility index (Phi) is 2.90. The Balaban J connectivity index is 2.09. The zero-order valence-electron chi connectivity index (χ0n) is 8.96. The number of allylic oxidation sites excluding steroid dienone is 2. The molecule has 0 spiro atoms. The molecule has 1 saturated heterocycles. The molecular formula is C12H19NO. The summed E-state index contributed by atoms with van der Waals surface area (Å²) in [5, 5.41) is 0. The van der Waals surface area contributed by atoms with E-state index in [1.807, 2.05) is 6.08 Å². The van der Waals surface area contributed by atoms with Crippen molar-refractivity contribution in [2.45, 2.75) is 51.5 Å². The molecule has 0 amide bonds. The molecule has 1 fully saturated rings. The molecule has 2 nitrogen and oxygen atoms in total. The van der Waals surface area contributed by atoms with Crippen molar-refractivity contribution < 1.29 is 4.79 Å². The van der Waals surface area contributed by atoms with Crippen LogP contribution in [-0.4, -0.2) is 23.3 Å². The van der Waals surface area contributed by atoms with E-state index in [0.29, 0.717) is 11.8 Å². The fourth-order valence-corrected chi connectivity index (χ4v) is 2.64. The summed E-state index contributed by atoms with van der Waals surface area (Å²) in [5.41, 5.74) is 1.31. The molecule has 0 bridgehead atoms. The van der Waals surface area contributed by atoms with Crippen LogP contribution in [0.4, 0.5) is 0 Å². The zero-order chi connectivity index (χ0) is 9.97. The molecule has 2 heteroatoms. The van der Waals surface area contributed by atoms with Gasteiger partial charge in [0, 0.05) is 30.8 Å². The van der Waals surface area contributed by atoms with Crippen LogP contribution >= 0.6 is 0 Å². The third-order valence-corrected chi connectivity index (χ3v) is 3.40. The molecule has 0 N–H and O–H groups in total. The Morgan fingerprint density at radius 2 is 2.29 bits per heavy atom. The zero-order valence-corrected chi connectivity index (χ0v) is 8.96. The lowest BCUT2D eigenvalue weighted by molar-refractivity contribution is -0.115. The molecule has 1 unspecified atom stereocenters. The van der Waals surface area contributed by atoms with Crippen molar-refractivity contribution in [1.29, 1.82) is 0 Å². The van der Waals surface area contributed by atoms with Crippen molar-refractivity contribution in [3.8, 4) is 0 Å². The fraction of sp³-hybridized carbons (Fsp3) is 0.750. The van der Waals surface area contributed by atoms with Gasteiger partial charge in [-0.1, -0.05) is 6.92 Å². The minimum atomic E-state index is 0.327. The van der Waals surface area contributed by atoms with Gasteiger partial charge in [-0.15, -0.1) is 0 Å². The average Bonchev–Trinajstić information content (AvgIpc) is 2.65. The predicted molar refractivity (Wildman–Crippen MR) is 57.0 cm³/mol. The van der Waals surface area contributed by atoms with E-state index in [2.05, 4.69) is 11.8 Å². The summed E-state index contributed by atoms with van der Waals surface area (Å²) in [5.74, 6) is 0.327. The molecular weight excluding hydrogens is 174 g/mol. The lowest BCUT2D eigenvalue weighted by atomic mass is 10.0. The minimum absolute atomic E-state index is 0.327. The van der Waals surface area contributed by atoms with Gasteiger partial charge in [0.05, 0.1) is 0 Å². The van der Waals surface area contributed by atoms with E-state index in [9.17, 15) is 4.79 Å². The Bertz CT molecular complexity index is 257. The monoisotopic (exact) mass is 193 g/mol. The van der Waals surface area contributed by atoms with Crippen LogP contribution < -0.4 is 0 Å². The highest BCUT2D eigenvalue weighted by atomic mass is 16.1. The first kappa shape index (κ1) is 9.75. The Hall–Kier alpha value is -0.790. The second-order valence-electron chi connectivity index (χ2n) is 4.35. The Morgan fingerprint density at radius 3 is 3.00 bits per heavy atom. The van der Waals surface area contributed by atoms with E-state index in [0.717, 1.165) is 25.8 Å². The van der Waals surface area contributed by atoms with Gasteiger partial charge in [-0.2, -0.15) is 0 Å². The summed E-state index contributed by atoms with van der Waals surface area (Å²) in [4.78, 5) is 13.8. The van der Waals surface area contributed by atoms with Crippen LogP contribution in [0, 0.1) is 0 Å². The van der Waals surface area contributed by atoms with Gasteiger partial charge in [-0.25, -0.2) is 0 Å². The normalized spacial score (nSPS) is 28.1. The van der Waals surface area contributed by atoms with Gasteiger partial charge in [-0.05, 0) is 32.1 Å². The number of hydrogen-bond donors (Lipinski definition) is 0. The molecule has 14 heavy (non-hydrogen) atoms. The van der Waals surface area contributed by atoms with Crippen molar-refractivity contribution in [2.75, 3.05) is 6.54 Å². The first-order valence-electron chi connectivity index (χ1n) is 5.81. The first-order valence-corrected chi connectivity index (χ1v) is 5.81. The summed E-state index contributed by atoms with van der Waals surface area (Å²) in [6, 6.07) is 0.701. The molecule has 0 aromatic rings. The molecule has 2 rings (SSSR count). The van der Waals surface area contributed by atoms with Crippen LogP contribution in [0.2, 0.25) is 0 Å². The SMILES string of the molecule is CCC1CCCN1C1=CC(=O)CCC1. The molecule has 2 aliphatic rings.